The third-order valence-electron chi connectivity index (χ3n) is 2.00. The van der Waals surface area contributed by atoms with E-state index in [0.717, 1.165) is 24.4 Å². The monoisotopic (exact) mass is 207 g/mol. The molecule has 2 rings (SSSR count). The minimum Gasteiger partial charge on any atom is -0.266 e. The summed E-state index contributed by atoms with van der Waals surface area (Å²) in [6.07, 6.45) is 3.00. The fourth-order valence-corrected chi connectivity index (χ4v) is 2.04. The standard InChI is InChI=1S/C10H13N3S/c1-3-10-11-9(7-14-10)6-13-5-4-8(2)12-13/h4-5,7H,3,6H2,1-2H3. The van der Waals surface area contributed by atoms with Crippen molar-refractivity contribution in [1.82, 2.24) is 14.8 Å². The minimum atomic E-state index is 0.782. The van der Waals surface area contributed by atoms with E-state index >= 15 is 0 Å². The van der Waals surface area contributed by atoms with E-state index in [4.69, 9.17) is 0 Å². The molecule has 3 nitrogen and oxygen atoms in total. The number of aryl methyl sites for hydroxylation is 2. The van der Waals surface area contributed by atoms with Crippen LogP contribution in [0.1, 0.15) is 23.3 Å². The summed E-state index contributed by atoms with van der Waals surface area (Å²) in [5, 5.41) is 7.63. The Labute approximate surface area is 87.4 Å². The Kier molecular flexibility index (Phi) is 2.63. The highest BCUT2D eigenvalue weighted by molar-refractivity contribution is 7.09. The molecule has 0 aliphatic rings. The van der Waals surface area contributed by atoms with E-state index < -0.39 is 0 Å². The summed E-state index contributed by atoms with van der Waals surface area (Å²) >= 11 is 1.72. The zero-order chi connectivity index (χ0) is 9.97. The molecule has 2 heterocycles. The van der Waals surface area contributed by atoms with Gasteiger partial charge in [-0.1, -0.05) is 6.92 Å². The van der Waals surface area contributed by atoms with Gasteiger partial charge in [-0.2, -0.15) is 5.10 Å². The summed E-state index contributed by atoms with van der Waals surface area (Å²) in [5.74, 6) is 0. The van der Waals surface area contributed by atoms with Crippen LogP contribution in [0.3, 0.4) is 0 Å². The first-order valence-electron chi connectivity index (χ1n) is 4.71. The molecule has 0 unspecified atom stereocenters. The maximum atomic E-state index is 4.49. The lowest BCUT2D eigenvalue weighted by Gasteiger charge is -1.96. The van der Waals surface area contributed by atoms with Gasteiger partial charge in [0.05, 0.1) is 22.9 Å². The van der Waals surface area contributed by atoms with Crippen molar-refractivity contribution >= 4 is 11.3 Å². The van der Waals surface area contributed by atoms with Gasteiger partial charge in [-0.25, -0.2) is 4.98 Å². The molecule has 14 heavy (non-hydrogen) atoms. The molecule has 0 aliphatic carbocycles. The summed E-state index contributed by atoms with van der Waals surface area (Å²) in [7, 11) is 0. The van der Waals surface area contributed by atoms with E-state index in [-0.39, 0.29) is 0 Å². The topological polar surface area (TPSA) is 30.7 Å². The van der Waals surface area contributed by atoms with Gasteiger partial charge in [0.1, 0.15) is 0 Å². The van der Waals surface area contributed by atoms with Crippen molar-refractivity contribution in [2.45, 2.75) is 26.8 Å². The molecule has 0 bridgehead atoms. The Morgan fingerprint density at radius 1 is 1.50 bits per heavy atom. The van der Waals surface area contributed by atoms with Gasteiger partial charge in [0.2, 0.25) is 0 Å². The second-order valence-electron chi connectivity index (χ2n) is 3.24. The molecular formula is C10H13N3S. The third kappa shape index (κ3) is 2.01. The lowest BCUT2D eigenvalue weighted by atomic mass is 10.4. The molecule has 2 aromatic rings. The Morgan fingerprint density at radius 2 is 2.36 bits per heavy atom. The molecule has 0 saturated heterocycles. The Bertz CT molecular complexity index is 416. The van der Waals surface area contributed by atoms with E-state index in [1.807, 2.05) is 23.9 Å². The Morgan fingerprint density at radius 3 is 2.93 bits per heavy atom. The summed E-state index contributed by atoms with van der Waals surface area (Å²) in [6, 6.07) is 2.01. The van der Waals surface area contributed by atoms with Crippen molar-refractivity contribution in [3.05, 3.63) is 34.0 Å². The quantitative estimate of drug-likeness (QED) is 0.773. The van der Waals surface area contributed by atoms with Crippen LogP contribution in [-0.4, -0.2) is 14.8 Å². The first kappa shape index (κ1) is 9.40. The summed E-state index contributed by atoms with van der Waals surface area (Å²) in [4.78, 5) is 4.49. The molecule has 0 spiro atoms. The number of aromatic nitrogens is 3. The van der Waals surface area contributed by atoms with Crippen molar-refractivity contribution in [2.75, 3.05) is 0 Å². The minimum absolute atomic E-state index is 0.782. The molecule has 74 valence electrons. The van der Waals surface area contributed by atoms with Crippen molar-refractivity contribution < 1.29 is 0 Å². The molecule has 0 N–H and O–H groups in total. The maximum absolute atomic E-state index is 4.49. The fourth-order valence-electron chi connectivity index (χ4n) is 1.30. The van der Waals surface area contributed by atoms with Gasteiger partial charge in [-0.05, 0) is 19.4 Å². The van der Waals surface area contributed by atoms with Crippen molar-refractivity contribution in [3.8, 4) is 0 Å². The van der Waals surface area contributed by atoms with E-state index in [9.17, 15) is 0 Å². The smallest absolute Gasteiger partial charge is 0.0926 e. The van der Waals surface area contributed by atoms with Crippen LogP contribution in [0, 0.1) is 6.92 Å². The van der Waals surface area contributed by atoms with Gasteiger partial charge < -0.3 is 0 Å². The third-order valence-corrected chi connectivity index (χ3v) is 3.04. The number of rotatable bonds is 3. The average molecular weight is 207 g/mol. The fraction of sp³-hybridized carbons (Fsp3) is 0.400. The Hall–Kier alpha value is -1.16. The summed E-state index contributed by atoms with van der Waals surface area (Å²) < 4.78 is 1.92. The lowest BCUT2D eigenvalue weighted by Crippen LogP contribution is -2.00. The summed E-state index contributed by atoms with van der Waals surface area (Å²) in [5.41, 5.74) is 2.16. The van der Waals surface area contributed by atoms with Crippen molar-refractivity contribution in [3.63, 3.8) is 0 Å². The van der Waals surface area contributed by atoms with Crippen LogP contribution in [0.5, 0.6) is 0 Å². The van der Waals surface area contributed by atoms with Gasteiger partial charge in [-0.15, -0.1) is 11.3 Å². The van der Waals surface area contributed by atoms with Gasteiger partial charge >= 0.3 is 0 Å². The van der Waals surface area contributed by atoms with E-state index in [1.165, 1.54) is 5.01 Å². The highest BCUT2D eigenvalue weighted by atomic mass is 32.1. The predicted octanol–water partition coefficient (Wildman–Crippen LogP) is 2.26. The van der Waals surface area contributed by atoms with Crippen LogP contribution in [0.4, 0.5) is 0 Å². The van der Waals surface area contributed by atoms with Crippen LogP contribution in [0.25, 0.3) is 0 Å². The van der Waals surface area contributed by atoms with E-state index in [1.54, 1.807) is 11.3 Å². The maximum Gasteiger partial charge on any atom is 0.0926 e. The van der Waals surface area contributed by atoms with Crippen LogP contribution < -0.4 is 0 Å². The zero-order valence-corrected chi connectivity index (χ0v) is 9.21. The summed E-state index contributed by atoms with van der Waals surface area (Å²) in [6.45, 7) is 4.90. The van der Waals surface area contributed by atoms with Gasteiger partial charge in [-0.3, -0.25) is 4.68 Å². The van der Waals surface area contributed by atoms with Gasteiger partial charge in [0, 0.05) is 11.6 Å². The van der Waals surface area contributed by atoms with Crippen molar-refractivity contribution in [2.24, 2.45) is 0 Å². The molecule has 0 aromatic carbocycles. The molecule has 0 radical (unpaired) electrons. The van der Waals surface area contributed by atoms with Gasteiger partial charge in [0.15, 0.2) is 0 Å². The first-order valence-corrected chi connectivity index (χ1v) is 5.59. The van der Waals surface area contributed by atoms with Crippen LogP contribution in [0.2, 0.25) is 0 Å². The molecule has 0 atom stereocenters. The largest absolute Gasteiger partial charge is 0.266 e. The molecule has 0 amide bonds. The predicted molar refractivity (Wildman–Crippen MR) is 57.6 cm³/mol. The van der Waals surface area contributed by atoms with Crippen LogP contribution in [0.15, 0.2) is 17.6 Å². The number of nitrogens with zero attached hydrogens (tertiary/aromatic N) is 3. The van der Waals surface area contributed by atoms with E-state index in [0.29, 0.717) is 0 Å². The second kappa shape index (κ2) is 3.92. The van der Waals surface area contributed by atoms with Crippen molar-refractivity contribution in [1.29, 1.82) is 0 Å². The number of hydrogen-bond donors (Lipinski definition) is 0. The highest BCUT2D eigenvalue weighted by Crippen LogP contribution is 2.11. The normalized spacial score (nSPS) is 10.7. The van der Waals surface area contributed by atoms with Crippen LogP contribution in [-0.2, 0) is 13.0 Å². The van der Waals surface area contributed by atoms with E-state index in [2.05, 4.69) is 22.4 Å². The second-order valence-corrected chi connectivity index (χ2v) is 4.18. The average Bonchev–Trinajstić information content (AvgIpc) is 2.76. The SMILES string of the molecule is CCc1nc(Cn2ccc(C)n2)cs1. The number of hydrogen-bond acceptors (Lipinski definition) is 3. The Balaban J connectivity index is 2.10. The molecule has 4 heteroatoms. The lowest BCUT2D eigenvalue weighted by molar-refractivity contribution is 0.667. The zero-order valence-electron chi connectivity index (χ0n) is 8.40. The highest BCUT2D eigenvalue weighted by Gasteiger charge is 2.01. The molecule has 2 aromatic heterocycles. The molecule has 0 aliphatic heterocycles. The molecule has 0 saturated carbocycles. The van der Waals surface area contributed by atoms with Crippen LogP contribution >= 0.6 is 11.3 Å². The van der Waals surface area contributed by atoms with Gasteiger partial charge in [0.25, 0.3) is 0 Å². The number of thiazole rings is 1. The molecular weight excluding hydrogens is 194 g/mol. The molecule has 0 fully saturated rings. The first-order chi connectivity index (χ1) is 6.78.